The Morgan fingerprint density at radius 3 is 2.64 bits per heavy atom. The minimum Gasteiger partial charge on any atom is -0.478 e. The number of nitrogens with zero attached hydrogens (tertiary/aromatic N) is 2. The highest BCUT2D eigenvalue weighted by atomic mass is 16.5. The van der Waals surface area contributed by atoms with Crippen molar-refractivity contribution in [3.05, 3.63) is 55.0 Å². The number of amides is 1. The molecule has 2 N–H and O–H groups in total. The van der Waals surface area contributed by atoms with Crippen molar-refractivity contribution in [2.24, 2.45) is 0 Å². The van der Waals surface area contributed by atoms with Gasteiger partial charge in [-0.25, -0.2) is 9.78 Å². The summed E-state index contributed by atoms with van der Waals surface area (Å²) in [5.74, 6) is -0.458. The second-order valence-electron chi connectivity index (χ2n) is 4.16. The molecule has 2 aromatic rings. The standard InChI is InChI=1S/C15H13N3O4/c19-13(2-1-3-15(20)21)18-11-4-6-12(7-5-11)22-14-10-16-8-9-17-14/h1,3-10H,2H2,(H,18,19)(H,20,21). The highest BCUT2D eigenvalue weighted by Crippen LogP contribution is 2.20. The number of rotatable bonds is 6. The van der Waals surface area contributed by atoms with Gasteiger partial charge in [0.05, 0.1) is 6.20 Å². The largest absolute Gasteiger partial charge is 0.478 e. The molecule has 0 spiro atoms. The predicted octanol–water partition coefficient (Wildman–Crippen LogP) is 2.24. The Kier molecular flexibility index (Phi) is 5.20. The Hall–Kier alpha value is -3.22. The Bertz CT molecular complexity index is 669. The molecule has 0 aliphatic heterocycles. The van der Waals surface area contributed by atoms with Gasteiger partial charge in [-0.3, -0.25) is 9.78 Å². The van der Waals surface area contributed by atoms with Crippen LogP contribution in [0.2, 0.25) is 0 Å². The fraction of sp³-hybridized carbons (Fsp3) is 0.0667. The zero-order chi connectivity index (χ0) is 15.8. The maximum Gasteiger partial charge on any atom is 0.327 e. The quantitative estimate of drug-likeness (QED) is 0.793. The number of ether oxygens (including phenoxy) is 1. The second kappa shape index (κ2) is 7.53. The molecule has 22 heavy (non-hydrogen) atoms. The van der Waals surface area contributed by atoms with E-state index in [1.165, 1.54) is 18.5 Å². The van der Waals surface area contributed by atoms with Crippen LogP contribution in [0.1, 0.15) is 6.42 Å². The van der Waals surface area contributed by atoms with Crippen LogP contribution >= 0.6 is 0 Å². The summed E-state index contributed by atoms with van der Waals surface area (Å²) in [6.45, 7) is 0. The van der Waals surface area contributed by atoms with Gasteiger partial charge in [-0.15, -0.1) is 0 Å². The Morgan fingerprint density at radius 1 is 1.23 bits per heavy atom. The SMILES string of the molecule is O=C(O)C=CCC(=O)Nc1ccc(Oc2cnccn2)cc1. The van der Waals surface area contributed by atoms with Gasteiger partial charge in [0.25, 0.3) is 0 Å². The van der Waals surface area contributed by atoms with E-state index in [1.54, 1.807) is 30.5 Å². The first kappa shape index (κ1) is 15.2. The van der Waals surface area contributed by atoms with Crippen LogP contribution in [0.4, 0.5) is 5.69 Å². The summed E-state index contributed by atoms with van der Waals surface area (Å²) < 4.78 is 5.47. The van der Waals surface area contributed by atoms with Crippen molar-refractivity contribution in [3.63, 3.8) is 0 Å². The van der Waals surface area contributed by atoms with Crippen molar-refractivity contribution >= 4 is 17.6 Å². The van der Waals surface area contributed by atoms with E-state index in [9.17, 15) is 9.59 Å². The number of carbonyl (C=O) groups excluding carboxylic acids is 1. The van der Waals surface area contributed by atoms with Crippen LogP contribution in [0.15, 0.2) is 55.0 Å². The zero-order valence-corrected chi connectivity index (χ0v) is 11.5. The lowest BCUT2D eigenvalue weighted by Crippen LogP contribution is -2.10. The van der Waals surface area contributed by atoms with Crippen LogP contribution in [0.5, 0.6) is 11.6 Å². The zero-order valence-electron chi connectivity index (χ0n) is 11.5. The van der Waals surface area contributed by atoms with E-state index in [-0.39, 0.29) is 12.3 Å². The first-order valence-electron chi connectivity index (χ1n) is 6.37. The highest BCUT2D eigenvalue weighted by molar-refractivity contribution is 5.92. The van der Waals surface area contributed by atoms with Crippen molar-refractivity contribution in [1.29, 1.82) is 0 Å². The Morgan fingerprint density at radius 2 is 2.00 bits per heavy atom. The average molecular weight is 299 g/mol. The van der Waals surface area contributed by atoms with Gasteiger partial charge in [-0.1, -0.05) is 6.08 Å². The fourth-order valence-electron chi connectivity index (χ4n) is 1.54. The number of hydrogen-bond donors (Lipinski definition) is 2. The maximum atomic E-state index is 11.6. The first-order chi connectivity index (χ1) is 10.6. The molecule has 0 bridgehead atoms. The van der Waals surface area contributed by atoms with Crippen molar-refractivity contribution < 1.29 is 19.4 Å². The minimum atomic E-state index is -1.08. The monoisotopic (exact) mass is 299 g/mol. The molecule has 1 aromatic heterocycles. The maximum absolute atomic E-state index is 11.6. The summed E-state index contributed by atoms with van der Waals surface area (Å²) in [6, 6.07) is 6.70. The third-order valence-electron chi connectivity index (χ3n) is 2.46. The molecule has 0 aliphatic rings. The van der Waals surface area contributed by atoms with Crippen LogP contribution in [0.25, 0.3) is 0 Å². The van der Waals surface area contributed by atoms with Gasteiger partial charge in [-0.05, 0) is 24.3 Å². The number of nitrogens with one attached hydrogen (secondary N) is 1. The third-order valence-corrected chi connectivity index (χ3v) is 2.46. The molecule has 0 atom stereocenters. The number of aliphatic carboxylic acids is 1. The van der Waals surface area contributed by atoms with E-state index in [2.05, 4.69) is 15.3 Å². The second-order valence-corrected chi connectivity index (χ2v) is 4.16. The number of benzene rings is 1. The number of aromatic nitrogens is 2. The molecule has 0 fully saturated rings. The van der Waals surface area contributed by atoms with Gasteiger partial charge in [0.2, 0.25) is 11.8 Å². The van der Waals surface area contributed by atoms with Gasteiger partial charge >= 0.3 is 5.97 Å². The summed E-state index contributed by atoms with van der Waals surface area (Å²) in [5.41, 5.74) is 0.584. The van der Waals surface area contributed by atoms with Gasteiger partial charge in [0.15, 0.2) is 0 Å². The van der Waals surface area contributed by atoms with E-state index in [1.807, 2.05) is 0 Å². The Balaban J connectivity index is 1.89. The molecular weight excluding hydrogens is 286 g/mol. The molecule has 0 aliphatic carbocycles. The van der Waals surface area contributed by atoms with Crippen LogP contribution in [-0.4, -0.2) is 27.0 Å². The van der Waals surface area contributed by atoms with Crippen LogP contribution in [0, 0.1) is 0 Å². The van der Waals surface area contributed by atoms with Crippen LogP contribution in [-0.2, 0) is 9.59 Å². The van der Waals surface area contributed by atoms with E-state index < -0.39 is 5.97 Å². The predicted molar refractivity (Wildman–Crippen MR) is 78.6 cm³/mol. The van der Waals surface area contributed by atoms with Gasteiger partial charge in [0, 0.05) is 30.6 Å². The smallest absolute Gasteiger partial charge is 0.327 e. The molecule has 7 heteroatoms. The number of hydrogen-bond acceptors (Lipinski definition) is 5. The topological polar surface area (TPSA) is 101 Å². The number of carboxylic acid groups (broad SMARTS) is 1. The van der Waals surface area contributed by atoms with E-state index >= 15 is 0 Å². The molecule has 0 saturated heterocycles. The molecule has 0 saturated carbocycles. The van der Waals surface area contributed by atoms with Crippen LogP contribution in [0.3, 0.4) is 0 Å². The molecule has 1 aromatic carbocycles. The van der Waals surface area contributed by atoms with E-state index in [0.717, 1.165) is 6.08 Å². The third kappa shape index (κ3) is 5.04. The fourth-order valence-corrected chi connectivity index (χ4v) is 1.54. The first-order valence-corrected chi connectivity index (χ1v) is 6.37. The van der Waals surface area contributed by atoms with Crippen molar-refractivity contribution in [2.75, 3.05) is 5.32 Å². The average Bonchev–Trinajstić information content (AvgIpc) is 2.50. The molecule has 0 radical (unpaired) electrons. The van der Waals surface area contributed by atoms with Crippen molar-refractivity contribution in [2.45, 2.75) is 6.42 Å². The summed E-state index contributed by atoms with van der Waals surface area (Å²) in [7, 11) is 0. The summed E-state index contributed by atoms with van der Waals surface area (Å²) >= 11 is 0. The Labute approximate surface area is 126 Å². The molecule has 7 nitrogen and oxygen atoms in total. The van der Waals surface area contributed by atoms with Crippen molar-refractivity contribution in [1.82, 2.24) is 9.97 Å². The van der Waals surface area contributed by atoms with Crippen molar-refractivity contribution in [3.8, 4) is 11.6 Å². The molecule has 1 amide bonds. The van der Waals surface area contributed by atoms with Gasteiger partial charge < -0.3 is 15.2 Å². The normalized spacial score (nSPS) is 10.4. The summed E-state index contributed by atoms with van der Waals surface area (Å²) in [6.07, 6.45) is 6.76. The van der Waals surface area contributed by atoms with Crippen LogP contribution < -0.4 is 10.1 Å². The molecule has 1 heterocycles. The number of anilines is 1. The summed E-state index contributed by atoms with van der Waals surface area (Å²) in [5, 5.41) is 11.1. The van der Waals surface area contributed by atoms with E-state index in [4.69, 9.17) is 9.84 Å². The number of carbonyl (C=O) groups is 2. The lowest BCUT2D eigenvalue weighted by atomic mass is 10.3. The van der Waals surface area contributed by atoms with Gasteiger partial charge in [0.1, 0.15) is 5.75 Å². The molecule has 112 valence electrons. The lowest BCUT2D eigenvalue weighted by molar-refractivity contribution is -0.131. The minimum absolute atomic E-state index is 0.00977. The van der Waals surface area contributed by atoms with E-state index in [0.29, 0.717) is 17.3 Å². The molecule has 2 rings (SSSR count). The van der Waals surface area contributed by atoms with Gasteiger partial charge in [-0.2, -0.15) is 0 Å². The molecular formula is C15H13N3O4. The lowest BCUT2D eigenvalue weighted by Gasteiger charge is -2.06. The highest BCUT2D eigenvalue weighted by Gasteiger charge is 2.02. The molecule has 0 unspecified atom stereocenters. The summed E-state index contributed by atoms with van der Waals surface area (Å²) in [4.78, 5) is 29.7. The number of carboxylic acids is 1.